The van der Waals surface area contributed by atoms with E-state index < -0.39 is 5.38 Å². The maximum atomic E-state index is 11.9. The summed E-state index contributed by atoms with van der Waals surface area (Å²) < 4.78 is 5.08. The van der Waals surface area contributed by atoms with Gasteiger partial charge < -0.3 is 4.74 Å². The zero-order chi connectivity index (χ0) is 13.7. The van der Waals surface area contributed by atoms with Gasteiger partial charge in [0.2, 0.25) is 11.9 Å². The molecule has 2 aromatic rings. The quantitative estimate of drug-likeness (QED) is 0.822. The molecule has 19 heavy (non-hydrogen) atoms. The molecule has 0 spiro atoms. The summed E-state index contributed by atoms with van der Waals surface area (Å²) in [5.41, 5.74) is 0.714. The molecule has 1 aromatic heterocycles. The van der Waals surface area contributed by atoms with Gasteiger partial charge in [0.1, 0.15) is 5.38 Å². The van der Waals surface area contributed by atoms with Crippen LogP contribution in [0, 0.1) is 0 Å². The van der Waals surface area contributed by atoms with Gasteiger partial charge in [-0.15, -0.1) is 16.7 Å². The summed E-state index contributed by atoms with van der Waals surface area (Å²) in [5.74, 6) is -0.179. The van der Waals surface area contributed by atoms with Crippen molar-refractivity contribution in [2.45, 2.75) is 12.3 Å². The van der Waals surface area contributed by atoms with Crippen molar-refractivity contribution in [2.24, 2.45) is 0 Å². The third-order valence-electron chi connectivity index (χ3n) is 2.30. The Morgan fingerprint density at radius 2 is 2.21 bits per heavy atom. The van der Waals surface area contributed by atoms with Crippen LogP contribution in [0.25, 0.3) is 0 Å². The lowest BCUT2D eigenvalue weighted by Crippen LogP contribution is -2.18. The molecule has 100 valence electrons. The normalized spacial score (nSPS) is 11.9. The molecule has 0 aliphatic rings. The van der Waals surface area contributed by atoms with E-state index in [2.05, 4.69) is 20.5 Å². The van der Waals surface area contributed by atoms with Crippen LogP contribution in [0.2, 0.25) is 0 Å². The predicted octanol–water partition coefficient (Wildman–Crippen LogP) is 2.12. The number of hydrogen-bond acceptors (Lipinski definition) is 4. The van der Waals surface area contributed by atoms with E-state index in [9.17, 15) is 4.79 Å². The molecule has 0 bridgehead atoms. The lowest BCUT2D eigenvalue weighted by molar-refractivity contribution is -0.116. The van der Waals surface area contributed by atoms with Crippen LogP contribution in [-0.4, -0.2) is 27.7 Å². The Bertz CT molecular complexity index is 544. The third kappa shape index (κ3) is 3.45. The highest BCUT2D eigenvalue weighted by Crippen LogP contribution is 2.21. The molecule has 0 fully saturated rings. The Balaban J connectivity index is 2.00. The Morgan fingerprint density at radius 1 is 1.47 bits per heavy atom. The predicted molar refractivity (Wildman–Crippen MR) is 71.2 cm³/mol. The number of benzene rings is 1. The van der Waals surface area contributed by atoms with Crippen LogP contribution in [0.1, 0.15) is 17.9 Å². The van der Waals surface area contributed by atoms with Crippen LogP contribution in [-0.2, 0) is 4.79 Å². The van der Waals surface area contributed by atoms with E-state index in [1.54, 1.807) is 12.1 Å². The van der Waals surface area contributed by atoms with Gasteiger partial charge in [-0.05, 0) is 12.5 Å². The van der Waals surface area contributed by atoms with E-state index in [-0.39, 0.29) is 17.9 Å². The zero-order valence-electron chi connectivity index (χ0n) is 10.3. The first-order valence-corrected chi connectivity index (χ1v) is 6.19. The van der Waals surface area contributed by atoms with E-state index in [4.69, 9.17) is 16.3 Å². The Morgan fingerprint density at radius 3 is 2.89 bits per heavy atom. The second-order valence-corrected chi connectivity index (χ2v) is 4.10. The first-order chi connectivity index (χ1) is 9.20. The van der Waals surface area contributed by atoms with Crippen molar-refractivity contribution in [3.05, 3.63) is 35.9 Å². The molecule has 1 aromatic carbocycles. The SMILES string of the molecule is CCOc1n[nH]c(NC(=O)C(Cl)c2ccccc2)n1. The van der Waals surface area contributed by atoms with Gasteiger partial charge in [-0.1, -0.05) is 30.3 Å². The number of H-pyrrole nitrogens is 1. The number of anilines is 1. The first-order valence-electron chi connectivity index (χ1n) is 5.75. The summed E-state index contributed by atoms with van der Waals surface area (Å²) in [6.07, 6.45) is 0. The number of alkyl halides is 1. The van der Waals surface area contributed by atoms with Crippen LogP contribution in [0.4, 0.5) is 5.95 Å². The number of carbonyl (C=O) groups excluding carboxylic acids is 1. The minimum absolute atomic E-state index is 0.184. The molecular formula is C12H13ClN4O2. The third-order valence-corrected chi connectivity index (χ3v) is 2.75. The second-order valence-electron chi connectivity index (χ2n) is 3.66. The van der Waals surface area contributed by atoms with Crippen LogP contribution in [0.15, 0.2) is 30.3 Å². The van der Waals surface area contributed by atoms with Gasteiger partial charge in [0, 0.05) is 0 Å². The van der Waals surface area contributed by atoms with Crippen LogP contribution >= 0.6 is 11.6 Å². The fourth-order valence-electron chi connectivity index (χ4n) is 1.45. The van der Waals surface area contributed by atoms with E-state index in [1.807, 2.05) is 25.1 Å². The Hall–Kier alpha value is -2.08. The molecule has 0 saturated heterocycles. The lowest BCUT2D eigenvalue weighted by Gasteiger charge is -2.08. The molecule has 6 nitrogen and oxygen atoms in total. The average Bonchev–Trinajstić information content (AvgIpc) is 2.86. The maximum Gasteiger partial charge on any atom is 0.337 e. The summed E-state index contributed by atoms with van der Waals surface area (Å²) in [4.78, 5) is 15.8. The summed E-state index contributed by atoms with van der Waals surface area (Å²) in [6.45, 7) is 2.27. The summed E-state index contributed by atoms with van der Waals surface area (Å²) in [7, 11) is 0. The van der Waals surface area contributed by atoms with Crippen molar-refractivity contribution >= 4 is 23.5 Å². The molecule has 2 rings (SSSR count). The number of nitrogens with one attached hydrogen (secondary N) is 2. The lowest BCUT2D eigenvalue weighted by atomic mass is 10.1. The Labute approximate surface area is 115 Å². The van der Waals surface area contributed by atoms with Gasteiger partial charge in [0.05, 0.1) is 6.61 Å². The molecule has 1 heterocycles. The highest BCUT2D eigenvalue weighted by Gasteiger charge is 2.18. The minimum Gasteiger partial charge on any atom is -0.463 e. The summed E-state index contributed by atoms with van der Waals surface area (Å²) in [5, 5.41) is 8.07. The molecule has 1 amide bonds. The molecule has 1 atom stereocenters. The van der Waals surface area contributed by atoms with Gasteiger partial charge in [-0.3, -0.25) is 10.1 Å². The number of hydrogen-bond donors (Lipinski definition) is 2. The van der Waals surface area contributed by atoms with Crippen molar-refractivity contribution in [1.29, 1.82) is 0 Å². The number of amides is 1. The van der Waals surface area contributed by atoms with E-state index in [0.29, 0.717) is 12.2 Å². The van der Waals surface area contributed by atoms with Gasteiger partial charge in [0.25, 0.3) is 0 Å². The number of aromatic amines is 1. The number of ether oxygens (including phenoxy) is 1. The molecular weight excluding hydrogens is 268 g/mol. The van der Waals surface area contributed by atoms with Gasteiger partial charge in [-0.25, -0.2) is 5.10 Å². The fourth-order valence-corrected chi connectivity index (χ4v) is 1.65. The van der Waals surface area contributed by atoms with Crippen molar-refractivity contribution < 1.29 is 9.53 Å². The molecule has 0 aliphatic carbocycles. The molecule has 2 N–H and O–H groups in total. The maximum absolute atomic E-state index is 11.9. The number of halogens is 1. The van der Waals surface area contributed by atoms with Crippen LogP contribution < -0.4 is 10.1 Å². The molecule has 0 saturated carbocycles. The van der Waals surface area contributed by atoms with Crippen molar-refractivity contribution in [2.75, 3.05) is 11.9 Å². The highest BCUT2D eigenvalue weighted by molar-refractivity contribution is 6.32. The smallest absolute Gasteiger partial charge is 0.337 e. The fraction of sp³-hybridized carbons (Fsp3) is 0.250. The standard InChI is InChI=1S/C12H13ClN4O2/c1-2-19-12-15-11(16-17-12)14-10(18)9(13)8-6-4-3-5-7-8/h3-7,9H,2H2,1H3,(H2,14,15,16,17,18). The van der Waals surface area contributed by atoms with E-state index >= 15 is 0 Å². The van der Waals surface area contributed by atoms with Gasteiger partial charge in [0.15, 0.2) is 0 Å². The van der Waals surface area contributed by atoms with Gasteiger partial charge >= 0.3 is 6.01 Å². The van der Waals surface area contributed by atoms with Crippen molar-refractivity contribution in [3.63, 3.8) is 0 Å². The zero-order valence-corrected chi connectivity index (χ0v) is 11.0. The van der Waals surface area contributed by atoms with Gasteiger partial charge in [-0.2, -0.15) is 4.98 Å². The summed E-state index contributed by atoms with van der Waals surface area (Å²) in [6, 6.07) is 9.24. The average molecular weight is 281 g/mol. The van der Waals surface area contributed by atoms with Crippen molar-refractivity contribution in [3.8, 4) is 6.01 Å². The monoisotopic (exact) mass is 280 g/mol. The molecule has 0 radical (unpaired) electrons. The Kier molecular flexibility index (Phi) is 4.35. The minimum atomic E-state index is -0.790. The summed E-state index contributed by atoms with van der Waals surface area (Å²) >= 11 is 6.07. The number of carbonyl (C=O) groups is 1. The van der Waals surface area contributed by atoms with Crippen molar-refractivity contribution in [1.82, 2.24) is 15.2 Å². The molecule has 1 unspecified atom stereocenters. The number of aromatic nitrogens is 3. The highest BCUT2D eigenvalue weighted by atomic mass is 35.5. The molecule has 7 heteroatoms. The van der Waals surface area contributed by atoms with E-state index in [0.717, 1.165) is 0 Å². The molecule has 0 aliphatic heterocycles. The van der Waals surface area contributed by atoms with E-state index in [1.165, 1.54) is 0 Å². The number of rotatable bonds is 5. The van der Waals surface area contributed by atoms with Crippen LogP contribution in [0.5, 0.6) is 6.01 Å². The largest absolute Gasteiger partial charge is 0.463 e. The van der Waals surface area contributed by atoms with Crippen LogP contribution in [0.3, 0.4) is 0 Å². The second kappa shape index (κ2) is 6.19. The number of nitrogens with zero attached hydrogens (tertiary/aromatic N) is 2. The topological polar surface area (TPSA) is 79.9 Å². The first kappa shape index (κ1) is 13.4.